The Labute approximate surface area is 141 Å². The molecule has 0 aliphatic rings. The molecule has 126 valence electrons. The van der Waals surface area contributed by atoms with Gasteiger partial charge >= 0.3 is 0 Å². The predicted molar refractivity (Wildman–Crippen MR) is 92.2 cm³/mol. The summed E-state index contributed by atoms with van der Waals surface area (Å²) >= 11 is 0. The fraction of sp³-hybridized carbons (Fsp3) is 0.211. The quantitative estimate of drug-likeness (QED) is 0.620. The van der Waals surface area contributed by atoms with Gasteiger partial charge in [0.1, 0.15) is 23.0 Å². The molecule has 0 radical (unpaired) electrons. The van der Waals surface area contributed by atoms with E-state index in [2.05, 4.69) is 0 Å². The normalized spacial score (nSPS) is 10.6. The molecule has 5 heteroatoms. The Bertz CT molecular complexity index is 749. The van der Waals surface area contributed by atoms with Gasteiger partial charge < -0.3 is 19.3 Å². The molecule has 0 saturated carbocycles. The van der Waals surface area contributed by atoms with E-state index in [-0.39, 0.29) is 11.5 Å². The molecule has 0 bridgehead atoms. The third kappa shape index (κ3) is 4.07. The highest BCUT2D eigenvalue weighted by Gasteiger charge is 2.11. The second-order valence-corrected chi connectivity index (χ2v) is 4.92. The monoisotopic (exact) mass is 328 g/mol. The molecule has 0 spiro atoms. The number of hydrogen-bond donors (Lipinski definition) is 1. The molecule has 5 nitrogen and oxygen atoms in total. The van der Waals surface area contributed by atoms with Crippen molar-refractivity contribution in [2.45, 2.75) is 6.92 Å². The number of ether oxygens (including phenoxy) is 3. The van der Waals surface area contributed by atoms with E-state index in [4.69, 9.17) is 14.2 Å². The first-order chi connectivity index (χ1) is 11.6. The van der Waals surface area contributed by atoms with Gasteiger partial charge in [-0.05, 0) is 43.3 Å². The van der Waals surface area contributed by atoms with E-state index in [1.54, 1.807) is 36.4 Å². The molecule has 2 aromatic rings. The number of benzene rings is 2. The van der Waals surface area contributed by atoms with Crippen LogP contribution in [0.5, 0.6) is 23.0 Å². The number of ketones is 1. The molecular formula is C19H20O5. The Kier molecular flexibility index (Phi) is 5.84. The van der Waals surface area contributed by atoms with Gasteiger partial charge in [-0.15, -0.1) is 0 Å². The summed E-state index contributed by atoms with van der Waals surface area (Å²) in [6, 6.07) is 9.92. The number of carbonyl (C=O) groups is 1. The van der Waals surface area contributed by atoms with Gasteiger partial charge in [-0.1, -0.05) is 0 Å². The maximum absolute atomic E-state index is 12.4. The maximum atomic E-state index is 12.4. The van der Waals surface area contributed by atoms with Gasteiger partial charge in [0.25, 0.3) is 0 Å². The molecule has 1 N–H and O–H groups in total. The molecule has 2 rings (SSSR count). The van der Waals surface area contributed by atoms with Gasteiger partial charge in [0.2, 0.25) is 0 Å². The first kappa shape index (κ1) is 17.4. The molecule has 0 aromatic heterocycles. The molecule has 24 heavy (non-hydrogen) atoms. The van der Waals surface area contributed by atoms with Crippen LogP contribution in [0.15, 0.2) is 42.5 Å². The average molecular weight is 328 g/mol. The van der Waals surface area contributed by atoms with Crippen molar-refractivity contribution in [3.05, 3.63) is 53.6 Å². The number of aromatic hydroxyl groups is 1. The van der Waals surface area contributed by atoms with Crippen molar-refractivity contribution in [3.8, 4) is 23.0 Å². The van der Waals surface area contributed by atoms with Crippen LogP contribution in [0.4, 0.5) is 0 Å². The van der Waals surface area contributed by atoms with Crippen molar-refractivity contribution in [2.75, 3.05) is 20.8 Å². The summed E-state index contributed by atoms with van der Waals surface area (Å²) in [4.78, 5) is 12.4. The molecule has 0 saturated heterocycles. The van der Waals surface area contributed by atoms with E-state index in [0.717, 1.165) is 0 Å². The molecule has 0 atom stereocenters. The highest BCUT2D eigenvalue weighted by Crippen LogP contribution is 2.27. The fourth-order valence-corrected chi connectivity index (χ4v) is 2.18. The van der Waals surface area contributed by atoms with Gasteiger partial charge in [0.05, 0.1) is 26.4 Å². The molecule has 0 amide bonds. The summed E-state index contributed by atoms with van der Waals surface area (Å²) in [6.45, 7) is 2.42. The summed E-state index contributed by atoms with van der Waals surface area (Å²) in [6.07, 6.45) is 2.94. The number of methoxy groups -OCH3 is 2. The van der Waals surface area contributed by atoms with Crippen LogP contribution in [0.2, 0.25) is 0 Å². The summed E-state index contributed by atoms with van der Waals surface area (Å²) in [5, 5.41) is 9.92. The van der Waals surface area contributed by atoms with Crippen LogP contribution in [0.1, 0.15) is 22.8 Å². The second kappa shape index (κ2) is 8.06. The van der Waals surface area contributed by atoms with E-state index in [9.17, 15) is 9.90 Å². The number of carbonyl (C=O) groups excluding carboxylic acids is 1. The van der Waals surface area contributed by atoms with E-state index >= 15 is 0 Å². The Hall–Kier alpha value is -2.95. The number of allylic oxidation sites excluding steroid dienone is 1. The molecule has 0 aliphatic heterocycles. The van der Waals surface area contributed by atoms with E-state index < -0.39 is 0 Å². The smallest absolute Gasteiger partial charge is 0.189 e. The van der Waals surface area contributed by atoms with Crippen molar-refractivity contribution < 1.29 is 24.1 Å². The second-order valence-electron chi connectivity index (χ2n) is 4.92. The van der Waals surface area contributed by atoms with E-state index in [0.29, 0.717) is 35.0 Å². The van der Waals surface area contributed by atoms with Gasteiger partial charge in [0, 0.05) is 17.7 Å². The SMILES string of the molecule is CCOc1ccc(C(=O)C=Cc2ccc(OC)cc2O)c(OC)c1. The van der Waals surface area contributed by atoms with Crippen LogP contribution < -0.4 is 14.2 Å². The number of phenols is 1. The lowest BCUT2D eigenvalue weighted by molar-refractivity contribution is 0.104. The van der Waals surface area contributed by atoms with Crippen LogP contribution in [-0.2, 0) is 0 Å². The number of rotatable bonds is 7. The summed E-state index contributed by atoms with van der Waals surface area (Å²) in [5.41, 5.74) is 0.944. The predicted octanol–water partition coefficient (Wildman–Crippen LogP) is 3.70. The standard InChI is InChI=1S/C19H20O5/c1-4-24-15-8-9-16(19(12-15)23-3)17(20)10-6-13-5-7-14(22-2)11-18(13)21/h5-12,21H,4H2,1-3H3. The maximum Gasteiger partial charge on any atom is 0.189 e. The van der Waals surface area contributed by atoms with Crippen molar-refractivity contribution in [2.24, 2.45) is 0 Å². The Morgan fingerprint density at radius 2 is 1.83 bits per heavy atom. The first-order valence-corrected chi connectivity index (χ1v) is 7.49. The van der Waals surface area contributed by atoms with E-state index in [1.807, 2.05) is 6.92 Å². The minimum atomic E-state index is -0.231. The molecule has 0 heterocycles. The van der Waals surface area contributed by atoms with Crippen molar-refractivity contribution in [1.29, 1.82) is 0 Å². The van der Waals surface area contributed by atoms with Gasteiger partial charge in [-0.25, -0.2) is 0 Å². The third-order valence-corrected chi connectivity index (χ3v) is 3.40. The number of hydrogen-bond acceptors (Lipinski definition) is 5. The van der Waals surface area contributed by atoms with Crippen LogP contribution in [0.25, 0.3) is 6.08 Å². The average Bonchev–Trinajstić information content (AvgIpc) is 2.60. The lowest BCUT2D eigenvalue weighted by atomic mass is 10.1. The zero-order chi connectivity index (χ0) is 17.5. The van der Waals surface area contributed by atoms with Crippen molar-refractivity contribution in [3.63, 3.8) is 0 Å². The zero-order valence-corrected chi connectivity index (χ0v) is 13.9. The minimum Gasteiger partial charge on any atom is -0.507 e. The van der Waals surface area contributed by atoms with Gasteiger partial charge in [0.15, 0.2) is 5.78 Å². The number of phenolic OH excluding ortho intramolecular Hbond substituents is 1. The van der Waals surface area contributed by atoms with Crippen LogP contribution >= 0.6 is 0 Å². The Morgan fingerprint density at radius 1 is 1.08 bits per heavy atom. The van der Waals surface area contributed by atoms with Crippen LogP contribution in [-0.4, -0.2) is 31.7 Å². The highest BCUT2D eigenvalue weighted by molar-refractivity contribution is 6.08. The van der Waals surface area contributed by atoms with Crippen LogP contribution in [0, 0.1) is 0 Å². The largest absolute Gasteiger partial charge is 0.507 e. The Balaban J connectivity index is 2.23. The van der Waals surface area contributed by atoms with E-state index in [1.165, 1.54) is 26.4 Å². The van der Waals surface area contributed by atoms with Crippen molar-refractivity contribution in [1.82, 2.24) is 0 Å². The van der Waals surface area contributed by atoms with Gasteiger partial charge in [-0.2, -0.15) is 0 Å². The summed E-state index contributed by atoms with van der Waals surface area (Å²) < 4.78 is 15.7. The lowest BCUT2D eigenvalue weighted by Gasteiger charge is -2.09. The van der Waals surface area contributed by atoms with Crippen LogP contribution in [0.3, 0.4) is 0 Å². The molecule has 2 aromatic carbocycles. The summed E-state index contributed by atoms with van der Waals surface area (Å²) in [7, 11) is 3.02. The van der Waals surface area contributed by atoms with Gasteiger partial charge in [-0.3, -0.25) is 4.79 Å². The first-order valence-electron chi connectivity index (χ1n) is 7.49. The highest BCUT2D eigenvalue weighted by atomic mass is 16.5. The lowest BCUT2D eigenvalue weighted by Crippen LogP contribution is -2.00. The van der Waals surface area contributed by atoms with Crippen molar-refractivity contribution >= 4 is 11.9 Å². The molecule has 0 aliphatic carbocycles. The molecule has 0 fully saturated rings. The zero-order valence-electron chi connectivity index (χ0n) is 13.9. The summed E-state index contributed by atoms with van der Waals surface area (Å²) in [5.74, 6) is 1.43. The third-order valence-electron chi connectivity index (χ3n) is 3.40. The molecular weight excluding hydrogens is 308 g/mol. The Morgan fingerprint density at radius 3 is 2.46 bits per heavy atom. The molecule has 0 unspecified atom stereocenters. The fourth-order valence-electron chi connectivity index (χ4n) is 2.18. The topological polar surface area (TPSA) is 65.0 Å². The minimum absolute atomic E-state index is 0.0389.